The van der Waals surface area contributed by atoms with Crippen LogP contribution in [-0.4, -0.2) is 11.8 Å². The Bertz CT molecular complexity index is 572. The average Bonchev–Trinajstić information content (AvgIpc) is 2.42. The molecule has 0 radical (unpaired) electrons. The minimum Gasteiger partial charge on any atom is -0.326 e. The Morgan fingerprint density at radius 2 is 1.86 bits per heavy atom. The number of hydrogen-bond donors (Lipinski definition) is 2. The predicted molar refractivity (Wildman–Crippen MR) is 87.2 cm³/mol. The second-order valence-electron chi connectivity index (χ2n) is 5.05. The zero-order valence-electron chi connectivity index (χ0n) is 12.9. The maximum Gasteiger partial charge on any atom is 0.248 e. The molecule has 0 aliphatic heterocycles. The Morgan fingerprint density at radius 3 is 2.48 bits per heavy atom. The van der Waals surface area contributed by atoms with E-state index in [0.29, 0.717) is 11.4 Å². The van der Waals surface area contributed by atoms with E-state index in [1.807, 2.05) is 45.9 Å². The van der Waals surface area contributed by atoms with Gasteiger partial charge in [0.15, 0.2) is 0 Å². The molecule has 0 saturated carbocycles. The highest BCUT2D eigenvalue weighted by Crippen LogP contribution is 2.20. The van der Waals surface area contributed by atoms with Crippen LogP contribution in [0.1, 0.15) is 26.3 Å². The summed E-state index contributed by atoms with van der Waals surface area (Å²) in [6, 6.07) is 5.44. The second-order valence-corrected chi connectivity index (χ2v) is 5.05. The summed E-state index contributed by atoms with van der Waals surface area (Å²) in [4.78, 5) is 23.4. The van der Waals surface area contributed by atoms with Crippen LogP contribution in [0.15, 0.2) is 42.5 Å². The van der Waals surface area contributed by atoms with Gasteiger partial charge in [-0.1, -0.05) is 38.1 Å². The van der Waals surface area contributed by atoms with E-state index in [1.165, 1.54) is 6.08 Å². The van der Waals surface area contributed by atoms with Crippen LogP contribution in [0.4, 0.5) is 11.4 Å². The SMILES string of the molecule is C/C=C/C=C\C(=O)Nc1cc(NC(=O)C(C)C)ccc1C. The highest BCUT2D eigenvalue weighted by Gasteiger charge is 2.09. The molecule has 112 valence electrons. The number of carbonyl (C=O) groups is 2. The van der Waals surface area contributed by atoms with E-state index in [2.05, 4.69) is 10.6 Å². The van der Waals surface area contributed by atoms with Gasteiger partial charge in [-0.2, -0.15) is 0 Å². The molecule has 4 heteroatoms. The minimum absolute atomic E-state index is 0.0518. The topological polar surface area (TPSA) is 58.2 Å². The molecule has 0 heterocycles. The predicted octanol–water partition coefficient (Wildman–Crippen LogP) is 3.66. The molecule has 0 aliphatic rings. The van der Waals surface area contributed by atoms with Gasteiger partial charge in [-0.3, -0.25) is 9.59 Å². The number of carbonyl (C=O) groups excluding carboxylic acids is 2. The van der Waals surface area contributed by atoms with Gasteiger partial charge in [0, 0.05) is 23.4 Å². The number of amides is 2. The summed E-state index contributed by atoms with van der Waals surface area (Å²) >= 11 is 0. The van der Waals surface area contributed by atoms with Gasteiger partial charge in [-0.05, 0) is 31.5 Å². The molecule has 0 unspecified atom stereocenters. The Morgan fingerprint density at radius 1 is 1.14 bits per heavy atom. The van der Waals surface area contributed by atoms with Gasteiger partial charge >= 0.3 is 0 Å². The van der Waals surface area contributed by atoms with E-state index in [9.17, 15) is 9.59 Å². The number of rotatable bonds is 5. The maximum absolute atomic E-state index is 11.8. The molecular formula is C17H22N2O2. The van der Waals surface area contributed by atoms with Crippen LogP contribution >= 0.6 is 0 Å². The summed E-state index contributed by atoms with van der Waals surface area (Å²) in [5, 5.41) is 5.62. The lowest BCUT2D eigenvalue weighted by molar-refractivity contribution is -0.119. The fraction of sp³-hybridized carbons (Fsp3) is 0.294. The van der Waals surface area contributed by atoms with E-state index >= 15 is 0 Å². The summed E-state index contributed by atoms with van der Waals surface area (Å²) in [6.45, 7) is 7.45. The first-order chi connectivity index (χ1) is 9.93. The third-order valence-corrected chi connectivity index (χ3v) is 2.84. The van der Waals surface area contributed by atoms with Crippen molar-refractivity contribution < 1.29 is 9.59 Å². The van der Waals surface area contributed by atoms with Gasteiger partial charge in [0.1, 0.15) is 0 Å². The van der Waals surface area contributed by atoms with E-state index in [0.717, 1.165) is 5.56 Å². The average molecular weight is 286 g/mol. The van der Waals surface area contributed by atoms with Crippen molar-refractivity contribution in [2.24, 2.45) is 5.92 Å². The monoisotopic (exact) mass is 286 g/mol. The van der Waals surface area contributed by atoms with Crippen molar-refractivity contribution in [1.82, 2.24) is 0 Å². The zero-order valence-corrected chi connectivity index (χ0v) is 12.9. The fourth-order valence-corrected chi connectivity index (χ4v) is 1.55. The fourth-order valence-electron chi connectivity index (χ4n) is 1.55. The van der Waals surface area contributed by atoms with Crippen LogP contribution in [0.3, 0.4) is 0 Å². The first-order valence-electron chi connectivity index (χ1n) is 6.96. The van der Waals surface area contributed by atoms with Crippen molar-refractivity contribution in [1.29, 1.82) is 0 Å². The van der Waals surface area contributed by atoms with Gasteiger partial charge in [0.25, 0.3) is 0 Å². The van der Waals surface area contributed by atoms with Crippen LogP contribution in [0.5, 0.6) is 0 Å². The standard InChI is InChI=1S/C17H22N2O2/c1-5-6-7-8-16(20)19-15-11-14(10-9-13(15)4)18-17(21)12(2)3/h5-12H,1-4H3,(H,18,21)(H,19,20)/b6-5+,8-7-. The molecule has 21 heavy (non-hydrogen) atoms. The van der Waals surface area contributed by atoms with Crippen LogP contribution in [0, 0.1) is 12.8 Å². The third kappa shape index (κ3) is 5.65. The number of nitrogens with one attached hydrogen (secondary N) is 2. The molecule has 0 saturated heterocycles. The van der Waals surface area contributed by atoms with E-state index in [-0.39, 0.29) is 17.7 Å². The second kappa shape index (κ2) is 8.04. The van der Waals surface area contributed by atoms with Gasteiger partial charge < -0.3 is 10.6 Å². The van der Waals surface area contributed by atoms with Crippen molar-refractivity contribution in [3.05, 3.63) is 48.1 Å². The molecular weight excluding hydrogens is 264 g/mol. The third-order valence-electron chi connectivity index (χ3n) is 2.84. The molecule has 0 aromatic heterocycles. The van der Waals surface area contributed by atoms with Gasteiger partial charge in [-0.25, -0.2) is 0 Å². The van der Waals surface area contributed by atoms with Crippen molar-refractivity contribution in [2.45, 2.75) is 27.7 Å². The molecule has 1 rings (SSSR count). The Balaban J connectivity index is 2.82. The molecule has 2 amide bonds. The Hall–Kier alpha value is -2.36. The van der Waals surface area contributed by atoms with E-state index in [4.69, 9.17) is 0 Å². The normalized spacial score (nSPS) is 11.3. The van der Waals surface area contributed by atoms with Gasteiger partial charge in [-0.15, -0.1) is 0 Å². The van der Waals surface area contributed by atoms with Crippen LogP contribution in [0.2, 0.25) is 0 Å². The van der Waals surface area contributed by atoms with Crippen molar-refractivity contribution >= 4 is 23.2 Å². The van der Waals surface area contributed by atoms with Gasteiger partial charge in [0.05, 0.1) is 0 Å². The van der Waals surface area contributed by atoms with Crippen LogP contribution < -0.4 is 10.6 Å². The molecule has 1 aromatic rings. The summed E-state index contributed by atoms with van der Waals surface area (Å²) in [5.41, 5.74) is 2.30. The number of allylic oxidation sites excluding steroid dienone is 3. The van der Waals surface area contributed by atoms with Crippen LogP contribution in [-0.2, 0) is 9.59 Å². The molecule has 0 aliphatic carbocycles. The molecule has 0 spiro atoms. The molecule has 0 bridgehead atoms. The first-order valence-corrected chi connectivity index (χ1v) is 6.96. The van der Waals surface area contributed by atoms with Gasteiger partial charge in [0.2, 0.25) is 11.8 Å². The minimum atomic E-state index is -0.205. The lowest BCUT2D eigenvalue weighted by Gasteiger charge is -2.11. The number of benzene rings is 1. The molecule has 0 atom stereocenters. The highest BCUT2D eigenvalue weighted by atomic mass is 16.2. The summed E-state index contributed by atoms with van der Waals surface area (Å²) in [5.74, 6) is -0.347. The maximum atomic E-state index is 11.8. The summed E-state index contributed by atoms with van der Waals surface area (Å²) < 4.78 is 0. The van der Waals surface area contributed by atoms with E-state index in [1.54, 1.807) is 18.2 Å². The smallest absolute Gasteiger partial charge is 0.248 e. The zero-order chi connectivity index (χ0) is 15.8. The number of anilines is 2. The summed E-state index contributed by atoms with van der Waals surface area (Å²) in [7, 11) is 0. The highest BCUT2D eigenvalue weighted by molar-refractivity contribution is 6.01. The molecule has 4 nitrogen and oxygen atoms in total. The molecule has 1 aromatic carbocycles. The Kier molecular flexibility index (Phi) is 6.40. The lowest BCUT2D eigenvalue weighted by Crippen LogP contribution is -2.18. The largest absolute Gasteiger partial charge is 0.326 e. The lowest BCUT2D eigenvalue weighted by atomic mass is 10.1. The number of aryl methyl sites for hydroxylation is 1. The Labute approximate surface area is 125 Å². The van der Waals surface area contributed by atoms with E-state index < -0.39 is 0 Å². The first kappa shape index (κ1) is 16.7. The number of hydrogen-bond acceptors (Lipinski definition) is 2. The quantitative estimate of drug-likeness (QED) is 0.641. The summed E-state index contributed by atoms with van der Waals surface area (Å²) in [6.07, 6.45) is 6.76. The molecule has 2 N–H and O–H groups in total. The van der Waals surface area contributed by atoms with Crippen LogP contribution in [0.25, 0.3) is 0 Å². The van der Waals surface area contributed by atoms with Crippen molar-refractivity contribution in [3.8, 4) is 0 Å². The van der Waals surface area contributed by atoms with Crippen molar-refractivity contribution in [3.63, 3.8) is 0 Å². The van der Waals surface area contributed by atoms with Crippen molar-refractivity contribution in [2.75, 3.05) is 10.6 Å². The molecule has 0 fully saturated rings.